The first-order chi connectivity index (χ1) is 17.1. The van der Waals surface area contributed by atoms with Gasteiger partial charge in [0.25, 0.3) is 0 Å². The number of aromatic nitrogens is 3. The first-order valence-electron chi connectivity index (χ1n) is 11.2. The Morgan fingerprint density at radius 3 is 1.78 bits per heavy atom. The fourth-order valence-corrected chi connectivity index (χ4v) is 3.92. The minimum atomic E-state index is -0.339. The number of hydrogen-bond donors (Lipinski definition) is 0. The zero-order chi connectivity index (χ0) is 24.2. The van der Waals surface area contributed by atoms with Crippen molar-refractivity contribution < 1.29 is 74.0 Å². The molecule has 0 aliphatic heterocycles. The number of benzene rings is 3. The summed E-state index contributed by atoms with van der Waals surface area (Å²) in [5.74, 6) is 0.319. The maximum absolute atomic E-state index is 12.0. The topological polar surface area (TPSA) is 61.7 Å². The molecule has 0 N–H and O–H groups in total. The zero-order valence-corrected chi connectivity index (χ0v) is 26.3. The van der Waals surface area contributed by atoms with Crippen molar-refractivity contribution in [1.29, 1.82) is 0 Å². The van der Waals surface area contributed by atoms with Crippen LogP contribution in [0.2, 0.25) is 0 Å². The Bertz CT molecular complexity index is 1480. The van der Waals surface area contributed by atoms with E-state index in [1.807, 2.05) is 103 Å². The molecule has 5 aromatic rings. The van der Waals surface area contributed by atoms with E-state index in [0.717, 1.165) is 33.6 Å². The third-order valence-corrected chi connectivity index (χ3v) is 5.69. The van der Waals surface area contributed by atoms with E-state index in [1.54, 1.807) is 6.08 Å². The van der Waals surface area contributed by atoms with Crippen LogP contribution in [0.3, 0.4) is 0 Å². The van der Waals surface area contributed by atoms with Crippen LogP contribution >= 0.6 is 0 Å². The summed E-state index contributed by atoms with van der Waals surface area (Å²) in [7, 11) is 0. The van der Waals surface area contributed by atoms with Gasteiger partial charge in [0.15, 0.2) is 5.82 Å². The van der Waals surface area contributed by atoms with Crippen LogP contribution in [0.15, 0.2) is 116 Å². The number of nitrogens with zero attached hydrogens (tertiary/aromatic N) is 3. The summed E-state index contributed by atoms with van der Waals surface area (Å²) in [5, 5.41) is 12.0. The Morgan fingerprint density at radius 1 is 0.611 bits per heavy atom. The van der Waals surface area contributed by atoms with Crippen molar-refractivity contribution >= 4 is 11.8 Å². The van der Waals surface area contributed by atoms with Crippen LogP contribution in [0.1, 0.15) is 11.3 Å². The second-order valence-corrected chi connectivity index (χ2v) is 8.04. The molecular weight excluding hydrogens is 563 g/mol. The van der Waals surface area contributed by atoms with Gasteiger partial charge in [-0.25, -0.2) is 15.0 Å². The van der Waals surface area contributed by atoms with Gasteiger partial charge < -0.3 is 5.11 Å². The maximum Gasteiger partial charge on any atom is 1.00 e. The van der Waals surface area contributed by atoms with Crippen LogP contribution in [0, 0.1) is 0 Å². The third-order valence-electron chi connectivity index (χ3n) is 5.69. The number of hydrogen-bond acceptors (Lipinski definition) is 4. The smallest absolute Gasteiger partial charge is 0.871 e. The Hall–Kier alpha value is -2.78. The van der Waals surface area contributed by atoms with Crippen molar-refractivity contribution in [3.63, 3.8) is 0 Å². The standard InChI is InChI=1S/C31H23N3O.Cs/c1-3-22-17-18-27(32-30(22)21(2)35)25-15-10-16-26(19-25)29-20-28(23-11-6-4-7-12-23)33-31(34-29)24-13-8-5-9-14-24;/h3-20,35H,1-2H2;/q;+1/p-1. The monoisotopic (exact) mass is 585 g/mol. The summed E-state index contributed by atoms with van der Waals surface area (Å²) < 4.78 is 0. The molecule has 5 heteroatoms. The van der Waals surface area contributed by atoms with Gasteiger partial charge in [-0.1, -0.05) is 103 Å². The Kier molecular flexibility index (Phi) is 8.74. The summed E-state index contributed by atoms with van der Waals surface area (Å²) in [5.41, 5.74) is 7.08. The largest absolute Gasteiger partial charge is 1.00 e. The van der Waals surface area contributed by atoms with Gasteiger partial charge in [-0.2, -0.15) is 0 Å². The van der Waals surface area contributed by atoms with Crippen LogP contribution in [0.5, 0.6) is 0 Å². The molecule has 2 aromatic heterocycles. The van der Waals surface area contributed by atoms with Gasteiger partial charge in [-0.05, 0) is 23.8 Å². The molecule has 2 heterocycles. The van der Waals surface area contributed by atoms with Gasteiger partial charge in [0.2, 0.25) is 0 Å². The van der Waals surface area contributed by atoms with Crippen molar-refractivity contribution in [3.8, 4) is 45.2 Å². The van der Waals surface area contributed by atoms with Crippen LogP contribution in [0.25, 0.3) is 57.0 Å². The molecule has 0 unspecified atom stereocenters. The van der Waals surface area contributed by atoms with E-state index in [1.165, 1.54) is 0 Å². The molecule has 36 heavy (non-hydrogen) atoms. The predicted octanol–water partition coefficient (Wildman–Crippen LogP) is 3.52. The zero-order valence-electron chi connectivity index (χ0n) is 20.1. The molecule has 0 aliphatic rings. The average Bonchev–Trinajstić information content (AvgIpc) is 2.93. The molecule has 0 amide bonds. The summed E-state index contributed by atoms with van der Waals surface area (Å²) >= 11 is 0. The molecule has 0 saturated carbocycles. The maximum atomic E-state index is 12.0. The van der Waals surface area contributed by atoms with Crippen LogP contribution in [-0.2, 0) is 0 Å². The van der Waals surface area contributed by atoms with Crippen molar-refractivity contribution in [3.05, 3.63) is 128 Å². The van der Waals surface area contributed by atoms with Crippen molar-refractivity contribution in [2.75, 3.05) is 0 Å². The van der Waals surface area contributed by atoms with Gasteiger partial charge in [0.05, 0.1) is 22.8 Å². The SMILES string of the molecule is C=Cc1ccc(-c2cccc(-c3cc(-c4ccccc4)nc(-c4ccccc4)n3)c2)nc1C(=C)[O-].[Cs+]. The van der Waals surface area contributed by atoms with Crippen molar-refractivity contribution in [2.24, 2.45) is 0 Å². The van der Waals surface area contributed by atoms with E-state index in [-0.39, 0.29) is 74.7 Å². The minimum absolute atomic E-state index is 0. The van der Waals surface area contributed by atoms with Crippen molar-refractivity contribution in [2.45, 2.75) is 0 Å². The molecule has 0 fully saturated rings. The molecule has 0 saturated heterocycles. The molecule has 4 nitrogen and oxygen atoms in total. The Balaban J connectivity index is 0.00000304. The quantitative estimate of drug-likeness (QED) is 0.287. The Labute approximate surface area is 269 Å². The second kappa shape index (κ2) is 12.0. The molecule has 0 spiro atoms. The van der Waals surface area contributed by atoms with Crippen LogP contribution in [-0.4, -0.2) is 15.0 Å². The van der Waals surface area contributed by atoms with E-state index in [9.17, 15) is 5.11 Å². The van der Waals surface area contributed by atoms with Crippen molar-refractivity contribution in [1.82, 2.24) is 15.0 Å². The molecule has 5 rings (SSSR count). The Morgan fingerprint density at radius 2 is 1.17 bits per heavy atom. The van der Waals surface area contributed by atoms with Gasteiger partial charge in [0.1, 0.15) is 0 Å². The predicted molar refractivity (Wildman–Crippen MR) is 141 cm³/mol. The summed E-state index contributed by atoms with van der Waals surface area (Å²) in [6, 6.07) is 33.7. The van der Waals surface area contributed by atoms with E-state index in [0.29, 0.717) is 22.8 Å². The van der Waals surface area contributed by atoms with Crippen LogP contribution < -0.4 is 74.0 Å². The van der Waals surface area contributed by atoms with Crippen LogP contribution in [0.4, 0.5) is 0 Å². The van der Waals surface area contributed by atoms with Gasteiger partial charge >= 0.3 is 68.9 Å². The van der Waals surface area contributed by atoms with E-state index in [4.69, 9.17) is 9.97 Å². The molecule has 0 aliphatic carbocycles. The minimum Gasteiger partial charge on any atom is -0.871 e. The van der Waals surface area contributed by atoms with E-state index in [2.05, 4.69) is 18.1 Å². The van der Waals surface area contributed by atoms with Gasteiger partial charge in [0, 0.05) is 22.3 Å². The van der Waals surface area contributed by atoms with Gasteiger partial charge in [-0.15, -0.1) is 6.58 Å². The second-order valence-electron chi connectivity index (χ2n) is 8.04. The summed E-state index contributed by atoms with van der Waals surface area (Å²) in [6.45, 7) is 7.29. The normalized spacial score (nSPS) is 10.3. The first-order valence-corrected chi connectivity index (χ1v) is 11.2. The fraction of sp³-hybridized carbons (Fsp3) is 0. The number of rotatable bonds is 6. The number of pyridine rings is 1. The summed E-state index contributed by atoms with van der Waals surface area (Å²) in [4.78, 5) is 14.3. The molecular formula is C31H22CsN3O. The molecule has 3 aromatic carbocycles. The fourth-order valence-electron chi connectivity index (χ4n) is 3.92. The molecule has 0 atom stereocenters. The van der Waals surface area contributed by atoms with E-state index < -0.39 is 0 Å². The molecule has 0 bridgehead atoms. The third kappa shape index (κ3) is 5.78. The average molecular weight is 585 g/mol. The van der Waals surface area contributed by atoms with Gasteiger partial charge in [-0.3, -0.25) is 0 Å². The molecule has 0 radical (unpaired) electrons. The van der Waals surface area contributed by atoms with E-state index >= 15 is 0 Å². The first kappa shape index (κ1) is 26.3. The molecule has 168 valence electrons. The summed E-state index contributed by atoms with van der Waals surface area (Å²) in [6.07, 6.45) is 1.61.